The van der Waals surface area contributed by atoms with E-state index in [1.165, 1.54) is 0 Å². The first-order valence-electron chi connectivity index (χ1n) is 6.27. The van der Waals surface area contributed by atoms with Crippen molar-refractivity contribution in [2.24, 2.45) is 11.7 Å². The van der Waals surface area contributed by atoms with Gasteiger partial charge in [-0.15, -0.1) is 0 Å². The zero-order valence-electron chi connectivity index (χ0n) is 10.7. The molecule has 1 aliphatic rings. The number of hydrogen-bond donors (Lipinski definition) is 2. The molecule has 0 bridgehead atoms. The van der Waals surface area contributed by atoms with Crippen LogP contribution < -0.4 is 11.1 Å². The standard InChI is InChI=1S/C13H15Cl2N3OS/c14-10-2-1-9(7-11(10)15)17-13(20)18-5-3-8(4-6-18)12(16)19/h1-2,7-8H,3-6H2,(H2,16,19)(H,17,20). The number of rotatable bonds is 2. The van der Waals surface area contributed by atoms with E-state index in [0.717, 1.165) is 31.6 Å². The highest BCUT2D eigenvalue weighted by molar-refractivity contribution is 7.80. The molecule has 1 aliphatic heterocycles. The molecule has 0 unspecified atom stereocenters. The van der Waals surface area contributed by atoms with Gasteiger partial charge in [0.2, 0.25) is 5.91 Å². The number of likely N-dealkylation sites (tertiary alicyclic amines) is 1. The minimum Gasteiger partial charge on any atom is -0.369 e. The molecular weight excluding hydrogens is 317 g/mol. The molecule has 2 rings (SSSR count). The van der Waals surface area contributed by atoms with Crippen LogP contribution in [0.4, 0.5) is 5.69 Å². The van der Waals surface area contributed by atoms with Gasteiger partial charge in [-0.25, -0.2) is 0 Å². The van der Waals surface area contributed by atoms with Gasteiger partial charge in [0.05, 0.1) is 10.0 Å². The van der Waals surface area contributed by atoms with Crippen LogP contribution in [-0.2, 0) is 4.79 Å². The third kappa shape index (κ3) is 3.75. The molecule has 1 aromatic carbocycles. The number of carbonyl (C=O) groups excluding carboxylic acids is 1. The molecule has 7 heteroatoms. The van der Waals surface area contributed by atoms with E-state index >= 15 is 0 Å². The Bertz CT molecular complexity index is 530. The van der Waals surface area contributed by atoms with E-state index in [0.29, 0.717) is 15.2 Å². The molecule has 3 N–H and O–H groups in total. The SMILES string of the molecule is NC(=O)C1CCN(C(=S)Nc2ccc(Cl)c(Cl)c2)CC1. The molecule has 0 aliphatic carbocycles. The third-order valence-electron chi connectivity index (χ3n) is 3.36. The third-order valence-corrected chi connectivity index (χ3v) is 4.45. The van der Waals surface area contributed by atoms with Crippen molar-refractivity contribution in [2.45, 2.75) is 12.8 Å². The van der Waals surface area contributed by atoms with Crippen LogP contribution in [-0.4, -0.2) is 29.0 Å². The minimum atomic E-state index is -0.229. The topological polar surface area (TPSA) is 58.4 Å². The molecule has 0 saturated carbocycles. The number of anilines is 1. The fourth-order valence-corrected chi connectivity index (χ4v) is 2.74. The molecule has 20 heavy (non-hydrogen) atoms. The van der Waals surface area contributed by atoms with Crippen molar-refractivity contribution in [2.75, 3.05) is 18.4 Å². The number of primary amides is 1. The first kappa shape index (κ1) is 15.4. The highest BCUT2D eigenvalue weighted by atomic mass is 35.5. The number of thiocarbonyl (C=S) groups is 1. The Morgan fingerprint density at radius 2 is 1.95 bits per heavy atom. The summed E-state index contributed by atoms with van der Waals surface area (Å²) in [7, 11) is 0. The van der Waals surface area contributed by atoms with Crippen molar-refractivity contribution in [3.63, 3.8) is 0 Å². The highest BCUT2D eigenvalue weighted by Gasteiger charge is 2.24. The average molecular weight is 332 g/mol. The molecule has 108 valence electrons. The molecule has 1 amide bonds. The molecule has 0 aromatic heterocycles. The Labute approximate surface area is 133 Å². The van der Waals surface area contributed by atoms with Crippen LogP contribution >= 0.6 is 35.4 Å². The summed E-state index contributed by atoms with van der Waals surface area (Å²) in [5.41, 5.74) is 6.10. The number of benzene rings is 1. The predicted molar refractivity (Wildman–Crippen MR) is 86.2 cm³/mol. The second kappa shape index (κ2) is 6.61. The van der Waals surface area contributed by atoms with Gasteiger partial charge in [0.15, 0.2) is 5.11 Å². The summed E-state index contributed by atoms with van der Waals surface area (Å²) in [6.07, 6.45) is 1.47. The fourth-order valence-electron chi connectivity index (χ4n) is 2.14. The molecule has 0 atom stereocenters. The summed E-state index contributed by atoms with van der Waals surface area (Å²) in [5.74, 6) is -0.271. The Hall–Kier alpha value is -1.04. The number of amides is 1. The van der Waals surface area contributed by atoms with Gasteiger partial charge in [-0.1, -0.05) is 23.2 Å². The molecule has 1 aromatic rings. The zero-order chi connectivity index (χ0) is 14.7. The molecular formula is C13H15Cl2N3OS. The number of piperidine rings is 1. The molecule has 0 spiro atoms. The van der Waals surface area contributed by atoms with E-state index in [2.05, 4.69) is 5.32 Å². The monoisotopic (exact) mass is 331 g/mol. The zero-order valence-corrected chi connectivity index (χ0v) is 13.1. The van der Waals surface area contributed by atoms with E-state index in [-0.39, 0.29) is 11.8 Å². The molecule has 4 nitrogen and oxygen atoms in total. The van der Waals surface area contributed by atoms with Crippen molar-refractivity contribution < 1.29 is 4.79 Å². The molecule has 1 fully saturated rings. The molecule has 1 saturated heterocycles. The normalized spacial score (nSPS) is 16.0. The van der Waals surface area contributed by atoms with Crippen molar-refractivity contribution in [3.05, 3.63) is 28.2 Å². The van der Waals surface area contributed by atoms with Crippen LogP contribution in [0.25, 0.3) is 0 Å². The van der Waals surface area contributed by atoms with Gasteiger partial charge in [0, 0.05) is 24.7 Å². The van der Waals surface area contributed by atoms with E-state index in [4.69, 9.17) is 41.2 Å². The number of nitrogens with two attached hydrogens (primary N) is 1. The number of halogens is 2. The Kier molecular flexibility index (Phi) is 5.07. The number of carbonyl (C=O) groups is 1. The van der Waals surface area contributed by atoms with Crippen LogP contribution in [0, 0.1) is 5.92 Å². The Balaban J connectivity index is 1.92. The average Bonchev–Trinajstić information content (AvgIpc) is 2.43. The maximum Gasteiger partial charge on any atom is 0.220 e. The summed E-state index contributed by atoms with van der Waals surface area (Å²) in [6.45, 7) is 1.45. The summed E-state index contributed by atoms with van der Waals surface area (Å²) in [5, 5.41) is 4.72. The van der Waals surface area contributed by atoms with Crippen molar-refractivity contribution >= 4 is 52.1 Å². The lowest BCUT2D eigenvalue weighted by molar-refractivity contribution is -0.122. The summed E-state index contributed by atoms with van der Waals surface area (Å²) in [6, 6.07) is 5.26. The van der Waals surface area contributed by atoms with Gasteiger partial charge >= 0.3 is 0 Å². The van der Waals surface area contributed by atoms with Crippen molar-refractivity contribution in [1.29, 1.82) is 0 Å². The van der Waals surface area contributed by atoms with Crippen LogP contribution in [0.2, 0.25) is 10.0 Å². The predicted octanol–water partition coefficient (Wildman–Crippen LogP) is 2.89. The minimum absolute atomic E-state index is 0.0426. The first-order chi connectivity index (χ1) is 9.47. The molecule has 0 radical (unpaired) electrons. The van der Waals surface area contributed by atoms with Crippen LogP contribution in [0.1, 0.15) is 12.8 Å². The van der Waals surface area contributed by atoms with Crippen LogP contribution in [0.5, 0.6) is 0 Å². The lowest BCUT2D eigenvalue weighted by Crippen LogP contribution is -2.43. The maximum atomic E-state index is 11.1. The van der Waals surface area contributed by atoms with E-state index in [1.807, 2.05) is 11.0 Å². The Morgan fingerprint density at radius 1 is 1.30 bits per heavy atom. The van der Waals surface area contributed by atoms with Gasteiger partial charge in [0.1, 0.15) is 0 Å². The van der Waals surface area contributed by atoms with Crippen molar-refractivity contribution in [1.82, 2.24) is 4.90 Å². The van der Waals surface area contributed by atoms with E-state index in [1.54, 1.807) is 12.1 Å². The quantitative estimate of drug-likeness (QED) is 0.818. The number of hydrogen-bond acceptors (Lipinski definition) is 2. The summed E-state index contributed by atoms with van der Waals surface area (Å²) in [4.78, 5) is 13.1. The fraction of sp³-hybridized carbons (Fsp3) is 0.385. The number of nitrogens with one attached hydrogen (secondary N) is 1. The largest absolute Gasteiger partial charge is 0.369 e. The second-order valence-electron chi connectivity index (χ2n) is 4.72. The van der Waals surface area contributed by atoms with Crippen LogP contribution in [0.15, 0.2) is 18.2 Å². The highest BCUT2D eigenvalue weighted by Crippen LogP contribution is 2.25. The van der Waals surface area contributed by atoms with Gasteiger partial charge in [-0.05, 0) is 43.3 Å². The maximum absolute atomic E-state index is 11.1. The summed E-state index contributed by atoms with van der Waals surface area (Å²) >= 11 is 17.2. The van der Waals surface area contributed by atoms with Gasteiger partial charge in [-0.2, -0.15) is 0 Å². The van der Waals surface area contributed by atoms with Gasteiger partial charge in [-0.3, -0.25) is 4.79 Å². The second-order valence-corrected chi connectivity index (χ2v) is 5.92. The number of nitrogens with zero attached hydrogens (tertiary/aromatic N) is 1. The Morgan fingerprint density at radius 3 is 2.50 bits per heavy atom. The smallest absolute Gasteiger partial charge is 0.220 e. The van der Waals surface area contributed by atoms with Crippen LogP contribution in [0.3, 0.4) is 0 Å². The van der Waals surface area contributed by atoms with Gasteiger partial charge in [0.25, 0.3) is 0 Å². The summed E-state index contributed by atoms with van der Waals surface area (Å²) < 4.78 is 0. The lowest BCUT2D eigenvalue weighted by atomic mass is 9.97. The lowest BCUT2D eigenvalue weighted by Gasteiger charge is -2.32. The molecule has 1 heterocycles. The van der Waals surface area contributed by atoms with E-state index in [9.17, 15) is 4.79 Å². The van der Waals surface area contributed by atoms with Gasteiger partial charge < -0.3 is 16.0 Å². The first-order valence-corrected chi connectivity index (χ1v) is 7.44. The van der Waals surface area contributed by atoms with Crippen molar-refractivity contribution in [3.8, 4) is 0 Å². The van der Waals surface area contributed by atoms with E-state index < -0.39 is 0 Å².